The zero-order valence-corrected chi connectivity index (χ0v) is 19.7. The lowest BCUT2D eigenvalue weighted by Gasteiger charge is -2.50. The van der Waals surface area contributed by atoms with Crippen LogP contribution in [0.3, 0.4) is 0 Å². The number of amides is 1. The zero-order valence-electron chi connectivity index (χ0n) is 18.1. The third-order valence-electron chi connectivity index (χ3n) is 6.57. The van der Waals surface area contributed by atoms with Crippen LogP contribution in [0.15, 0.2) is 53.4 Å². The number of nitrogens with one attached hydrogen (secondary N) is 1. The van der Waals surface area contributed by atoms with Gasteiger partial charge in [-0.2, -0.15) is 0 Å². The summed E-state index contributed by atoms with van der Waals surface area (Å²) >= 11 is 5.98. The molecule has 6 nitrogen and oxygen atoms in total. The van der Waals surface area contributed by atoms with Crippen molar-refractivity contribution in [2.75, 3.05) is 13.6 Å². The highest BCUT2D eigenvalue weighted by molar-refractivity contribution is 7.89. The molecule has 1 saturated heterocycles. The molecule has 0 radical (unpaired) electrons. The van der Waals surface area contributed by atoms with Crippen molar-refractivity contribution < 1.29 is 13.2 Å². The third kappa shape index (κ3) is 5.12. The second-order valence-corrected chi connectivity index (χ2v) is 10.5. The number of hydrogen-bond acceptors (Lipinski definition) is 4. The first kappa shape index (κ1) is 23.7. The number of likely N-dealkylation sites (tertiary alicyclic amines) is 1. The van der Waals surface area contributed by atoms with Crippen molar-refractivity contribution in [2.24, 2.45) is 11.1 Å². The SMILES string of the molecule is CCC1CCC(C)(C(NC(=O)c2ccc(Cl)c(S(N)(=O)=O)c2)c2ccccc2)N(C)C1. The molecule has 0 aliphatic carbocycles. The van der Waals surface area contributed by atoms with Crippen LogP contribution in [0.5, 0.6) is 0 Å². The molecule has 0 spiro atoms. The Labute approximate surface area is 189 Å². The molecule has 1 aliphatic rings. The molecule has 2 aromatic carbocycles. The highest BCUT2D eigenvalue weighted by Crippen LogP contribution is 2.40. The number of likely N-dealkylation sites (N-methyl/N-ethyl adjacent to an activating group) is 1. The molecule has 1 aliphatic heterocycles. The van der Waals surface area contributed by atoms with E-state index in [4.69, 9.17) is 16.7 Å². The van der Waals surface area contributed by atoms with Gasteiger partial charge in [-0.05, 0) is 56.5 Å². The lowest BCUT2D eigenvalue weighted by molar-refractivity contribution is 0.0229. The smallest absolute Gasteiger partial charge is 0.251 e. The van der Waals surface area contributed by atoms with E-state index in [0.717, 1.165) is 31.4 Å². The summed E-state index contributed by atoms with van der Waals surface area (Å²) in [6.45, 7) is 5.35. The molecule has 8 heteroatoms. The van der Waals surface area contributed by atoms with Crippen LogP contribution in [-0.4, -0.2) is 38.4 Å². The molecule has 3 unspecified atom stereocenters. The van der Waals surface area contributed by atoms with Crippen molar-refractivity contribution in [2.45, 2.75) is 49.6 Å². The molecule has 2 aromatic rings. The van der Waals surface area contributed by atoms with Crippen molar-refractivity contribution in [1.82, 2.24) is 10.2 Å². The standard InChI is InChI=1S/C23H30ClN3O3S/c1-4-16-12-13-23(2,27(3)15-16)21(17-8-6-5-7-9-17)26-22(28)18-10-11-19(24)20(14-18)31(25,29)30/h5-11,14,16,21H,4,12-13,15H2,1-3H3,(H,26,28)(H2,25,29,30). The summed E-state index contributed by atoms with van der Waals surface area (Å²) in [4.78, 5) is 15.3. The predicted octanol–water partition coefficient (Wildman–Crippen LogP) is 3.97. The number of halogens is 1. The number of primary sulfonamides is 1. The Balaban J connectivity index is 1.96. The predicted molar refractivity (Wildman–Crippen MR) is 124 cm³/mol. The number of sulfonamides is 1. The number of piperidine rings is 1. The molecular weight excluding hydrogens is 434 g/mol. The Morgan fingerprint density at radius 2 is 1.97 bits per heavy atom. The van der Waals surface area contributed by atoms with E-state index in [2.05, 4.69) is 31.1 Å². The number of carbonyl (C=O) groups is 1. The molecule has 1 heterocycles. The average Bonchev–Trinajstić information content (AvgIpc) is 2.74. The Morgan fingerprint density at radius 3 is 2.55 bits per heavy atom. The van der Waals surface area contributed by atoms with Crippen LogP contribution in [0.25, 0.3) is 0 Å². The van der Waals surface area contributed by atoms with Crippen LogP contribution >= 0.6 is 11.6 Å². The molecule has 3 atom stereocenters. The van der Waals surface area contributed by atoms with Gasteiger partial charge in [0.05, 0.1) is 11.1 Å². The largest absolute Gasteiger partial charge is 0.343 e. The minimum absolute atomic E-state index is 0.0109. The number of rotatable bonds is 6. The normalized spacial score (nSPS) is 23.3. The van der Waals surface area contributed by atoms with E-state index in [9.17, 15) is 13.2 Å². The maximum Gasteiger partial charge on any atom is 0.251 e. The first-order chi connectivity index (χ1) is 14.6. The van der Waals surface area contributed by atoms with Gasteiger partial charge in [0.2, 0.25) is 10.0 Å². The van der Waals surface area contributed by atoms with E-state index >= 15 is 0 Å². The second kappa shape index (κ2) is 9.28. The molecule has 168 valence electrons. The molecule has 1 amide bonds. The summed E-state index contributed by atoms with van der Waals surface area (Å²) in [5.41, 5.74) is 0.904. The summed E-state index contributed by atoms with van der Waals surface area (Å²) in [6, 6.07) is 13.7. The van der Waals surface area contributed by atoms with E-state index in [0.29, 0.717) is 5.92 Å². The number of nitrogens with zero attached hydrogens (tertiary/aromatic N) is 1. The summed E-state index contributed by atoms with van der Waals surface area (Å²) < 4.78 is 23.7. The van der Waals surface area contributed by atoms with E-state index in [1.54, 1.807) is 0 Å². The average molecular weight is 464 g/mol. The number of benzene rings is 2. The van der Waals surface area contributed by atoms with Gasteiger partial charge in [-0.3, -0.25) is 9.69 Å². The topological polar surface area (TPSA) is 92.5 Å². The van der Waals surface area contributed by atoms with Gasteiger partial charge >= 0.3 is 0 Å². The fraction of sp³-hybridized carbons (Fsp3) is 0.435. The van der Waals surface area contributed by atoms with Crippen molar-refractivity contribution in [3.8, 4) is 0 Å². The molecule has 31 heavy (non-hydrogen) atoms. The van der Waals surface area contributed by atoms with Crippen LogP contribution < -0.4 is 10.5 Å². The van der Waals surface area contributed by atoms with E-state index < -0.39 is 10.0 Å². The highest BCUT2D eigenvalue weighted by atomic mass is 35.5. The van der Waals surface area contributed by atoms with Crippen molar-refractivity contribution >= 4 is 27.5 Å². The number of nitrogens with two attached hydrogens (primary N) is 1. The Hall–Kier alpha value is -1.93. The molecule has 0 saturated carbocycles. The lowest BCUT2D eigenvalue weighted by Crippen LogP contribution is -2.57. The van der Waals surface area contributed by atoms with Gasteiger partial charge in [0, 0.05) is 17.6 Å². The molecule has 0 aromatic heterocycles. The van der Waals surface area contributed by atoms with Gasteiger partial charge in [-0.1, -0.05) is 55.3 Å². The summed E-state index contributed by atoms with van der Waals surface area (Å²) in [7, 11) is -1.94. The Kier molecular flexibility index (Phi) is 7.11. The Morgan fingerprint density at radius 1 is 1.29 bits per heavy atom. The minimum atomic E-state index is -4.04. The highest BCUT2D eigenvalue weighted by Gasteiger charge is 2.43. The van der Waals surface area contributed by atoms with Gasteiger partial charge in [0.15, 0.2) is 0 Å². The Bertz CT molecular complexity index is 1050. The maximum atomic E-state index is 13.2. The van der Waals surface area contributed by atoms with E-state index in [-0.39, 0.29) is 33.0 Å². The second-order valence-electron chi connectivity index (χ2n) is 8.56. The van der Waals surface area contributed by atoms with Crippen LogP contribution in [0.4, 0.5) is 0 Å². The number of hydrogen-bond donors (Lipinski definition) is 2. The number of carbonyl (C=O) groups excluding carboxylic acids is 1. The van der Waals surface area contributed by atoms with Crippen LogP contribution in [-0.2, 0) is 10.0 Å². The van der Waals surface area contributed by atoms with E-state index in [1.807, 2.05) is 30.3 Å². The van der Waals surface area contributed by atoms with Crippen LogP contribution in [0.1, 0.15) is 55.1 Å². The van der Waals surface area contributed by atoms with Crippen LogP contribution in [0, 0.1) is 5.92 Å². The maximum absolute atomic E-state index is 13.2. The first-order valence-electron chi connectivity index (χ1n) is 10.5. The van der Waals surface area contributed by atoms with Crippen molar-refractivity contribution in [3.05, 3.63) is 64.7 Å². The van der Waals surface area contributed by atoms with Gasteiger partial charge in [-0.15, -0.1) is 0 Å². The van der Waals surface area contributed by atoms with Crippen LogP contribution in [0.2, 0.25) is 5.02 Å². The molecular formula is C23H30ClN3O3S. The van der Waals surface area contributed by atoms with Gasteiger partial charge in [0.1, 0.15) is 4.90 Å². The van der Waals surface area contributed by atoms with E-state index in [1.165, 1.54) is 18.2 Å². The fourth-order valence-corrected chi connectivity index (χ4v) is 5.46. The quantitative estimate of drug-likeness (QED) is 0.677. The van der Waals surface area contributed by atoms with Gasteiger partial charge in [-0.25, -0.2) is 13.6 Å². The first-order valence-corrected chi connectivity index (χ1v) is 12.4. The lowest BCUT2D eigenvalue weighted by atomic mass is 9.75. The molecule has 0 bridgehead atoms. The molecule has 1 fully saturated rings. The monoisotopic (exact) mass is 463 g/mol. The van der Waals surface area contributed by atoms with Crippen molar-refractivity contribution in [3.63, 3.8) is 0 Å². The fourth-order valence-electron chi connectivity index (χ4n) is 4.39. The third-order valence-corrected chi connectivity index (χ3v) is 7.96. The molecule has 3 N–H and O–H groups in total. The van der Waals surface area contributed by atoms with Crippen molar-refractivity contribution in [1.29, 1.82) is 0 Å². The summed E-state index contributed by atoms with van der Waals surface area (Å²) in [5, 5.41) is 8.40. The summed E-state index contributed by atoms with van der Waals surface area (Å²) in [5.74, 6) is 0.265. The van der Waals surface area contributed by atoms with Gasteiger partial charge < -0.3 is 5.32 Å². The molecule has 3 rings (SSSR count). The minimum Gasteiger partial charge on any atom is -0.343 e. The van der Waals surface area contributed by atoms with Gasteiger partial charge in [0.25, 0.3) is 5.91 Å². The summed E-state index contributed by atoms with van der Waals surface area (Å²) in [6.07, 6.45) is 3.15. The zero-order chi connectivity index (χ0) is 22.8.